The molecule has 0 aromatic heterocycles. The maximum absolute atomic E-state index is 11.9. The monoisotopic (exact) mass is 249 g/mol. The lowest BCUT2D eigenvalue weighted by Crippen LogP contribution is -2.30. The zero-order valence-electron chi connectivity index (χ0n) is 10.2. The van der Waals surface area contributed by atoms with E-state index in [4.69, 9.17) is 9.47 Å². The Morgan fingerprint density at radius 2 is 2.11 bits per heavy atom. The molecular weight excluding hydrogens is 234 g/mol. The molecule has 0 N–H and O–H groups in total. The first-order valence-electron chi connectivity index (χ1n) is 5.88. The topological polar surface area (TPSA) is 55.8 Å². The number of carbonyl (C=O) groups is 2. The van der Waals surface area contributed by atoms with E-state index in [1.807, 2.05) is 6.92 Å². The average molecular weight is 249 g/mol. The summed E-state index contributed by atoms with van der Waals surface area (Å²) in [4.78, 5) is 24.5. The van der Waals surface area contributed by atoms with E-state index in [1.165, 1.54) is 4.90 Å². The summed E-state index contributed by atoms with van der Waals surface area (Å²) in [6.45, 7) is 3.38. The predicted molar refractivity (Wildman–Crippen MR) is 64.9 cm³/mol. The average Bonchev–Trinajstić information content (AvgIpc) is 2.76. The molecule has 18 heavy (non-hydrogen) atoms. The summed E-state index contributed by atoms with van der Waals surface area (Å²) < 4.78 is 10.1. The first-order chi connectivity index (χ1) is 8.70. The van der Waals surface area contributed by atoms with Gasteiger partial charge >= 0.3 is 6.09 Å². The Morgan fingerprint density at radius 3 is 2.67 bits per heavy atom. The van der Waals surface area contributed by atoms with Crippen molar-refractivity contribution in [3.63, 3.8) is 0 Å². The number of ketones is 1. The summed E-state index contributed by atoms with van der Waals surface area (Å²) in [7, 11) is 0. The normalized spacial score (nSPS) is 14.5. The third-order valence-electron chi connectivity index (χ3n) is 2.67. The van der Waals surface area contributed by atoms with Gasteiger partial charge in [-0.1, -0.05) is 0 Å². The lowest BCUT2D eigenvalue weighted by Gasteiger charge is -2.11. The zero-order chi connectivity index (χ0) is 13.0. The SMILES string of the molecule is CCOc1ccc(C(=O)CN2CCOC2=O)cc1. The van der Waals surface area contributed by atoms with E-state index in [2.05, 4.69) is 0 Å². The van der Waals surface area contributed by atoms with E-state index in [0.717, 1.165) is 5.75 Å². The minimum atomic E-state index is -0.422. The maximum atomic E-state index is 11.9. The molecule has 96 valence electrons. The van der Waals surface area contributed by atoms with Gasteiger partial charge < -0.3 is 9.47 Å². The van der Waals surface area contributed by atoms with Crippen molar-refractivity contribution in [3.8, 4) is 5.75 Å². The minimum absolute atomic E-state index is 0.0623. The van der Waals surface area contributed by atoms with E-state index in [-0.39, 0.29) is 12.3 Å². The van der Waals surface area contributed by atoms with Crippen molar-refractivity contribution in [2.24, 2.45) is 0 Å². The van der Waals surface area contributed by atoms with Gasteiger partial charge in [-0.15, -0.1) is 0 Å². The highest BCUT2D eigenvalue weighted by Gasteiger charge is 2.24. The van der Waals surface area contributed by atoms with Crippen molar-refractivity contribution in [1.29, 1.82) is 0 Å². The first kappa shape index (κ1) is 12.4. The van der Waals surface area contributed by atoms with Gasteiger partial charge in [0.2, 0.25) is 0 Å². The molecule has 1 aromatic carbocycles. The van der Waals surface area contributed by atoms with Crippen molar-refractivity contribution >= 4 is 11.9 Å². The molecule has 1 saturated heterocycles. The Morgan fingerprint density at radius 1 is 1.39 bits per heavy atom. The molecule has 5 heteroatoms. The molecule has 1 aromatic rings. The Kier molecular flexibility index (Phi) is 3.82. The number of amides is 1. The molecular formula is C13H15NO4. The van der Waals surface area contributed by atoms with Gasteiger partial charge in [-0.25, -0.2) is 4.79 Å². The lowest BCUT2D eigenvalue weighted by atomic mass is 10.1. The predicted octanol–water partition coefficient (Wildman–Crippen LogP) is 1.72. The van der Waals surface area contributed by atoms with Crippen molar-refractivity contribution in [3.05, 3.63) is 29.8 Å². The van der Waals surface area contributed by atoms with E-state index in [0.29, 0.717) is 25.3 Å². The van der Waals surface area contributed by atoms with Crippen LogP contribution in [0.4, 0.5) is 4.79 Å². The van der Waals surface area contributed by atoms with Crippen LogP contribution in [-0.4, -0.2) is 43.1 Å². The highest BCUT2D eigenvalue weighted by molar-refractivity contribution is 5.99. The van der Waals surface area contributed by atoms with Gasteiger partial charge in [0.05, 0.1) is 19.7 Å². The van der Waals surface area contributed by atoms with Crippen molar-refractivity contribution in [2.45, 2.75) is 6.92 Å². The number of nitrogens with zero attached hydrogens (tertiary/aromatic N) is 1. The number of benzene rings is 1. The summed E-state index contributed by atoms with van der Waals surface area (Å²) in [6, 6.07) is 6.90. The van der Waals surface area contributed by atoms with Gasteiger partial charge in [0.15, 0.2) is 5.78 Å². The number of ether oxygens (including phenoxy) is 2. The van der Waals surface area contributed by atoms with Crippen LogP contribution in [0.2, 0.25) is 0 Å². The Bertz CT molecular complexity index is 441. The molecule has 5 nitrogen and oxygen atoms in total. The highest BCUT2D eigenvalue weighted by Crippen LogP contribution is 2.13. The molecule has 0 radical (unpaired) electrons. The van der Waals surface area contributed by atoms with Crippen LogP contribution in [0.15, 0.2) is 24.3 Å². The van der Waals surface area contributed by atoms with Crippen LogP contribution in [-0.2, 0) is 4.74 Å². The van der Waals surface area contributed by atoms with Gasteiger partial charge in [0.1, 0.15) is 12.4 Å². The molecule has 1 amide bonds. The number of cyclic esters (lactones) is 1. The van der Waals surface area contributed by atoms with Gasteiger partial charge in [0, 0.05) is 5.56 Å². The van der Waals surface area contributed by atoms with Gasteiger partial charge in [0.25, 0.3) is 0 Å². The lowest BCUT2D eigenvalue weighted by molar-refractivity contribution is 0.0943. The third-order valence-corrected chi connectivity index (χ3v) is 2.67. The smallest absolute Gasteiger partial charge is 0.410 e. The quantitative estimate of drug-likeness (QED) is 0.745. The summed E-state index contributed by atoms with van der Waals surface area (Å²) in [5.41, 5.74) is 0.568. The maximum Gasteiger partial charge on any atom is 0.410 e. The molecule has 1 aliphatic heterocycles. The third kappa shape index (κ3) is 2.80. The van der Waals surface area contributed by atoms with Crippen LogP contribution in [0, 0.1) is 0 Å². The summed E-state index contributed by atoms with van der Waals surface area (Å²) >= 11 is 0. The number of rotatable bonds is 5. The second-order valence-corrected chi connectivity index (χ2v) is 3.92. The molecule has 0 bridgehead atoms. The number of carbonyl (C=O) groups excluding carboxylic acids is 2. The summed E-state index contributed by atoms with van der Waals surface area (Å²) in [6.07, 6.45) is -0.422. The van der Waals surface area contributed by atoms with E-state index in [1.54, 1.807) is 24.3 Å². The Hall–Kier alpha value is -2.04. The first-order valence-corrected chi connectivity index (χ1v) is 5.88. The Labute approximate surface area is 105 Å². The molecule has 0 saturated carbocycles. The van der Waals surface area contributed by atoms with Crippen molar-refractivity contribution in [2.75, 3.05) is 26.3 Å². The van der Waals surface area contributed by atoms with Crippen LogP contribution in [0.1, 0.15) is 17.3 Å². The molecule has 1 aliphatic rings. The number of Topliss-reactive ketones (excluding diaryl/α,β-unsaturated/α-hetero) is 1. The Balaban J connectivity index is 1.98. The molecule has 0 unspecified atom stereocenters. The fourth-order valence-corrected chi connectivity index (χ4v) is 1.74. The molecule has 1 heterocycles. The summed E-state index contributed by atoms with van der Waals surface area (Å²) in [5.74, 6) is 0.631. The van der Waals surface area contributed by atoms with Crippen LogP contribution >= 0.6 is 0 Å². The largest absolute Gasteiger partial charge is 0.494 e. The molecule has 0 aliphatic carbocycles. The molecule has 0 atom stereocenters. The fraction of sp³-hybridized carbons (Fsp3) is 0.385. The number of hydrogen-bond acceptors (Lipinski definition) is 4. The zero-order valence-corrected chi connectivity index (χ0v) is 10.2. The molecule has 1 fully saturated rings. The van der Waals surface area contributed by atoms with E-state index < -0.39 is 6.09 Å². The summed E-state index contributed by atoms with van der Waals surface area (Å²) in [5, 5.41) is 0. The second-order valence-electron chi connectivity index (χ2n) is 3.92. The van der Waals surface area contributed by atoms with Gasteiger partial charge in [-0.2, -0.15) is 0 Å². The van der Waals surface area contributed by atoms with Crippen LogP contribution in [0.5, 0.6) is 5.75 Å². The minimum Gasteiger partial charge on any atom is -0.494 e. The molecule has 2 rings (SSSR count). The van der Waals surface area contributed by atoms with E-state index in [9.17, 15) is 9.59 Å². The molecule has 0 spiro atoms. The number of hydrogen-bond donors (Lipinski definition) is 0. The van der Waals surface area contributed by atoms with Crippen molar-refractivity contribution < 1.29 is 19.1 Å². The van der Waals surface area contributed by atoms with Crippen LogP contribution in [0.25, 0.3) is 0 Å². The second kappa shape index (κ2) is 5.53. The fourth-order valence-electron chi connectivity index (χ4n) is 1.74. The van der Waals surface area contributed by atoms with Crippen LogP contribution < -0.4 is 4.74 Å². The van der Waals surface area contributed by atoms with Crippen LogP contribution in [0.3, 0.4) is 0 Å². The van der Waals surface area contributed by atoms with Gasteiger partial charge in [-0.05, 0) is 31.2 Å². The highest BCUT2D eigenvalue weighted by atomic mass is 16.6. The van der Waals surface area contributed by atoms with Gasteiger partial charge in [-0.3, -0.25) is 9.69 Å². The van der Waals surface area contributed by atoms with Crippen molar-refractivity contribution in [1.82, 2.24) is 4.90 Å². The van der Waals surface area contributed by atoms with E-state index >= 15 is 0 Å². The standard InChI is InChI=1S/C13H15NO4/c1-2-17-11-5-3-10(4-6-11)12(15)9-14-7-8-18-13(14)16/h3-6H,2,7-9H2,1H3.